The molecule has 94 valence electrons. The van der Waals surface area contributed by atoms with Crippen molar-refractivity contribution < 1.29 is 9.21 Å². The van der Waals surface area contributed by atoms with Gasteiger partial charge in [-0.3, -0.25) is 9.59 Å². The average molecular weight is 254 g/mol. The molecule has 5 nitrogen and oxygen atoms in total. The lowest BCUT2D eigenvalue weighted by Crippen LogP contribution is -2.23. The van der Waals surface area contributed by atoms with Crippen LogP contribution in [0.25, 0.3) is 10.8 Å². The van der Waals surface area contributed by atoms with Gasteiger partial charge < -0.3 is 4.42 Å². The summed E-state index contributed by atoms with van der Waals surface area (Å²) in [5.41, 5.74) is -0.179. The number of aromatic nitrogens is 2. The van der Waals surface area contributed by atoms with Crippen molar-refractivity contribution in [2.75, 3.05) is 0 Å². The third kappa shape index (κ3) is 2.06. The Morgan fingerprint density at radius 1 is 1.21 bits per heavy atom. The molecule has 0 aliphatic carbocycles. The number of aldehydes is 1. The minimum absolute atomic E-state index is 0.179. The Balaban J connectivity index is 2.03. The quantitative estimate of drug-likeness (QED) is 0.669. The fraction of sp³-hybridized carbons (Fsp3) is 0.0714. The molecule has 0 N–H and O–H groups in total. The molecule has 0 radical (unpaired) electrons. The molecule has 0 saturated carbocycles. The highest BCUT2D eigenvalue weighted by atomic mass is 16.3. The van der Waals surface area contributed by atoms with Crippen molar-refractivity contribution in [3.05, 3.63) is 64.5 Å². The SMILES string of the molecule is O=Cc1ccc(Cn2ncc3ccccc3c2=O)o1. The molecular weight excluding hydrogens is 244 g/mol. The Morgan fingerprint density at radius 3 is 2.84 bits per heavy atom. The molecule has 2 heterocycles. The molecule has 0 spiro atoms. The van der Waals surface area contributed by atoms with Gasteiger partial charge in [-0.05, 0) is 18.2 Å². The van der Waals surface area contributed by atoms with E-state index in [2.05, 4.69) is 5.10 Å². The van der Waals surface area contributed by atoms with Crippen LogP contribution in [0.4, 0.5) is 0 Å². The lowest BCUT2D eigenvalue weighted by atomic mass is 10.2. The molecule has 0 bridgehead atoms. The maximum Gasteiger partial charge on any atom is 0.275 e. The van der Waals surface area contributed by atoms with E-state index in [9.17, 15) is 9.59 Å². The van der Waals surface area contributed by atoms with Gasteiger partial charge in [0.2, 0.25) is 0 Å². The Kier molecular flexibility index (Phi) is 2.72. The summed E-state index contributed by atoms with van der Waals surface area (Å²) in [6, 6.07) is 10.5. The number of nitrogens with zero attached hydrogens (tertiary/aromatic N) is 2. The Morgan fingerprint density at radius 2 is 2.05 bits per heavy atom. The fourth-order valence-corrected chi connectivity index (χ4v) is 1.93. The van der Waals surface area contributed by atoms with E-state index in [4.69, 9.17) is 4.42 Å². The standard InChI is InChI=1S/C14H10N2O3/c17-9-12-6-5-11(19-12)8-16-14(18)13-4-2-1-3-10(13)7-15-16/h1-7,9H,8H2. The third-order valence-electron chi connectivity index (χ3n) is 2.87. The second kappa shape index (κ2) is 4.53. The highest BCUT2D eigenvalue weighted by Crippen LogP contribution is 2.09. The van der Waals surface area contributed by atoms with Gasteiger partial charge in [-0.2, -0.15) is 5.10 Å². The second-order valence-corrected chi connectivity index (χ2v) is 4.12. The summed E-state index contributed by atoms with van der Waals surface area (Å²) in [5.74, 6) is 0.760. The van der Waals surface area contributed by atoms with Gasteiger partial charge in [0.05, 0.1) is 11.6 Å². The molecule has 0 aliphatic rings. The number of rotatable bonds is 3. The molecule has 0 aliphatic heterocycles. The zero-order chi connectivity index (χ0) is 13.2. The molecule has 3 aromatic rings. The van der Waals surface area contributed by atoms with E-state index < -0.39 is 0 Å². The van der Waals surface area contributed by atoms with Gasteiger partial charge in [-0.25, -0.2) is 4.68 Å². The van der Waals surface area contributed by atoms with Crippen LogP contribution in [0.1, 0.15) is 16.3 Å². The Hall–Kier alpha value is -2.69. The third-order valence-corrected chi connectivity index (χ3v) is 2.87. The van der Waals surface area contributed by atoms with Crippen LogP contribution >= 0.6 is 0 Å². The molecule has 0 unspecified atom stereocenters. The van der Waals surface area contributed by atoms with E-state index in [1.54, 1.807) is 24.4 Å². The number of carbonyl (C=O) groups is 1. The average Bonchev–Trinajstić information content (AvgIpc) is 2.90. The summed E-state index contributed by atoms with van der Waals surface area (Å²) in [6.07, 6.45) is 2.26. The van der Waals surface area contributed by atoms with Crippen molar-refractivity contribution in [3.63, 3.8) is 0 Å². The van der Waals surface area contributed by atoms with Crippen molar-refractivity contribution in [3.8, 4) is 0 Å². The summed E-state index contributed by atoms with van der Waals surface area (Å²) in [7, 11) is 0. The molecule has 19 heavy (non-hydrogen) atoms. The van der Waals surface area contributed by atoms with E-state index in [-0.39, 0.29) is 17.9 Å². The van der Waals surface area contributed by atoms with E-state index in [1.807, 2.05) is 18.2 Å². The normalized spacial score (nSPS) is 10.7. The molecule has 1 aromatic carbocycles. The number of hydrogen-bond donors (Lipinski definition) is 0. The van der Waals surface area contributed by atoms with E-state index in [0.29, 0.717) is 17.4 Å². The first-order chi connectivity index (χ1) is 9.28. The maximum atomic E-state index is 12.2. The predicted octanol–water partition coefficient (Wildman–Crippen LogP) is 1.85. The minimum Gasteiger partial charge on any atom is -0.456 e. The van der Waals surface area contributed by atoms with Gasteiger partial charge in [0.15, 0.2) is 12.0 Å². The van der Waals surface area contributed by atoms with Gasteiger partial charge >= 0.3 is 0 Å². The van der Waals surface area contributed by atoms with Crippen LogP contribution in [0.3, 0.4) is 0 Å². The topological polar surface area (TPSA) is 65.1 Å². The number of furan rings is 1. The predicted molar refractivity (Wildman–Crippen MR) is 69.2 cm³/mol. The van der Waals surface area contributed by atoms with E-state index in [1.165, 1.54) is 4.68 Å². The highest BCUT2D eigenvalue weighted by molar-refractivity contribution is 5.80. The molecule has 3 rings (SSSR count). The lowest BCUT2D eigenvalue weighted by Gasteiger charge is -2.03. The molecule has 0 amide bonds. The molecule has 0 saturated heterocycles. The summed E-state index contributed by atoms with van der Waals surface area (Å²) >= 11 is 0. The first-order valence-corrected chi connectivity index (χ1v) is 5.77. The smallest absolute Gasteiger partial charge is 0.275 e. The Bertz CT molecular complexity index is 802. The first-order valence-electron chi connectivity index (χ1n) is 5.77. The Labute approximate surface area is 108 Å². The van der Waals surface area contributed by atoms with Crippen molar-refractivity contribution >= 4 is 17.1 Å². The number of benzene rings is 1. The minimum atomic E-state index is -0.179. The van der Waals surface area contributed by atoms with Crippen LogP contribution in [0.2, 0.25) is 0 Å². The molecule has 0 atom stereocenters. The monoisotopic (exact) mass is 254 g/mol. The molecule has 5 heteroatoms. The van der Waals surface area contributed by atoms with Crippen LogP contribution in [0.5, 0.6) is 0 Å². The zero-order valence-corrected chi connectivity index (χ0v) is 9.95. The van der Waals surface area contributed by atoms with Crippen molar-refractivity contribution in [2.24, 2.45) is 0 Å². The lowest BCUT2D eigenvalue weighted by molar-refractivity contribution is 0.109. The number of hydrogen-bond acceptors (Lipinski definition) is 4. The van der Waals surface area contributed by atoms with Crippen LogP contribution in [-0.4, -0.2) is 16.1 Å². The summed E-state index contributed by atoms with van der Waals surface area (Å²) in [5, 5.41) is 5.51. The van der Waals surface area contributed by atoms with Gasteiger partial charge in [0.25, 0.3) is 5.56 Å². The van der Waals surface area contributed by atoms with E-state index >= 15 is 0 Å². The van der Waals surface area contributed by atoms with Gasteiger partial charge in [0.1, 0.15) is 12.3 Å². The van der Waals surface area contributed by atoms with Crippen molar-refractivity contribution in [1.82, 2.24) is 9.78 Å². The van der Waals surface area contributed by atoms with Gasteiger partial charge in [-0.1, -0.05) is 18.2 Å². The zero-order valence-electron chi connectivity index (χ0n) is 9.95. The largest absolute Gasteiger partial charge is 0.456 e. The molecular formula is C14H10N2O3. The number of fused-ring (bicyclic) bond motifs is 1. The summed E-state index contributed by atoms with van der Waals surface area (Å²) < 4.78 is 6.55. The number of carbonyl (C=O) groups excluding carboxylic acids is 1. The second-order valence-electron chi connectivity index (χ2n) is 4.12. The van der Waals surface area contributed by atoms with Crippen LogP contribution < -0.4 is 5.56 Å². The van der Waals surface area contributed by atoms with Crippen LogP contribution in [0, 0.1) is 0 Å². The van der Waals surface area contributed by atoms with Crippen LogP contribution in [-0.2, 0) is 6.54 Å². The molecule has 2 aromatic heterocycles. The first kappa shape index (κ1) is 11.4. The van der Waals surface area contributed by atoms with E-state index in [0.717, 1.165) is 5.39 Å². The summed E-state index contributed by atoms with van der Waals surface area (Å²) in [4.78, 5) is 22.7. The van der Waals surface area contributed by atoms with Crippen molar-refractivity contribution in [1.29, 1.82) is 0 Å². The van der Waals surface area contributed by atoms with Gasteiger partial charge in [-0.15, -0.1) is 0 Å². The maximum absolute atomic E-state index is 12.2. The van der Waals surface area contributed by atoms with Crippen molar-refractivity contribution in [2.45, 2.75) is 6.54 Å². The summed E-state index contributed by atoms with van der Waals surface area (Å²) in [6.45, 7) is 0.206. The van der Waals surface area contributed by atoms with Crippen LogP contribution in [0.15, 0.2) is 51.8 Å². The van der Waals surface area contributed by atoms with Gasteiger partial charge in [0, 0.05) is 5.39 Å². The highest BCUT2D eigenvalue weighted by Gasteiger charge is 2.07. The fourth-order valence-electron chi connectivity index (χ4n) is 1.93. The molecule has 0 fully saturated rings.